The number of fused-ring (bicyclic) bond motifs is 3. The van der Waals surface area contributed by atoms with Crippen molar-refractivity contribution in [1.82, 2.24) is 10.2 Å². The zero-order valence-corrected chi connectivity index (χ0v) is 24.0. The van der Waals surface area contributed by atoms with E-state index in [1.54, 1.807) is 39.2 Å². The van der Waals surface area contributed by atoms with E-state index in [2.05, 4.69) is 5.32 Å². The van der Waals surface area contributed by atoms with Gasteiger partial charge in [-0.15, -0.1) is 0 Å². The molecule has 0 spiro atoms. The Morgan fingerprint density at radius 3 is 2.36 bits per heavy atom. The lowest BCUT2D eigenvalue weighted by Crippen LogP contribution is -2.71. The molecule has 1 fully saturated rings. The highest BCUT2D eigenvalue weighted by Gasteiger charge is 2.66. The number of primary amides is 1. The Balaban J connectivity index is 1.84. The van der Waals surface area contributed by atoms with Crippen LogP contribution in [0, 0.1) is 17.8 Å². The molecule has 3 unspecified atom stereocenters. The van der Waals surface area contributed by atoms with Gasteiger partial charge in [0, 0.05) is 55.5 Å². The van der Waals surface area contributed by atoms with Crippen LogP contribution in [0.5, 0.6) is 5.75 Å². The number of hydrogen-bond acceptors (Lipinski definition) is 10. The van der Waals surface area contributed by atoms with E-state index in [0.29, 0.717) is 11.3 Å². The highest BCUT2D eigenvalue weighted by Crippen LogP contribution is 2.53. The highest BCUT2D eigenvalue weighted by molar-refractivity contribution is 6.16. The number of ketones is 2. The summed E-state index contributed by atoms with van der Waals surface area (Å²) in [6.45, 7) is 1.14. The van der Waals surface area contributed by atoms with Gasteiger partial charge in [0.1, 0.15) is 17.4 Å². The van der Waals surface area contributed by atoms with E-state index >= 15 is 0 Å². The van der Waals surface area contributed by atoms with Crippen molar-refractivity contribution in [3.8, 4) is 5.75 Å². The van der Waals surface area contributed by atoms with Gasteiger partial charge in [-0.2, -0.15) is 13.2 Å². The molecule has 7 atom stereocenters. The van der Waals surface area contributed by atoms with Crippen LogP contribution in [-0.4, -0.2) is 101 Å². The van der Waals surface area contributed by atoms with E-state index in [9.17, 15) is 48.0 Å². The number of amides is 1. The maximum absolute atomic E-state index is 14.0. The van der Waals surface area contributed by atoms with Crippen molar-refractivity contribution in [2.24, 2.45) is 23.5 Å². The first kappa shape index (κ1) is 31.7. The standard InChI is InChI=1S/C28H37F3N4O7/c1-11(9-27(29,30)31)33-10-13-8-16(34(2)3)14-6-12-7-15-20(35(4)5)23(38)19(26(32)41)25(40)28(15,42)24(39)17(12)22(37)18(14)21(13)36/h8,11-12,15,19-20,23,33,36,38-39,42H,6-7,9-10H2,1-5H3,(H2,32,41)/t11?,12-,15-,19?,20-,23?,28-/m0/s1. The second-order valence-corrected chi connectivity index (χ2v) is 12.0. The monoisotopic (exact) mass is 598 g/mol. The summed E-state index contributed by atoms with van der Waals surface area (Å²) in [5.74, 6) is -8.41. The number of nitrogens with two attached hydrogens (primary N) is 1. The van der Waals surface area contributed by atoms with E-state index < -0.39 is 83.1 Å². The molecule has 0 heterocycles. The number of rotatable bonds is 7. The number of carbonyl (C=O) groups is 3. The number of allylic oxidation sites excluding steroid dienone is 1. The van der Waals surface area contributed by atoms with Crippen LogP contribution >= 0.6 is 0 Å². The normalized spacial score (nSPS) is 30.1. The minimum absolute atomic E-state index is 0.0237. The average molecular weight is 599 g/mol. The minimum atomic E-state index is -4.40. The number of hydrogen-bond donors (Lipinski definition) is 6. The second kappa shape index (κ2) is 10.8. The fraction of sp³-hybridized carbons (Fsp3) is 0.607. The summed E-state index contributed by atoms with van der Waals surface area (Å²) in [5.41, 5.74) is 3.29. The lowest BCUT2D eigenvalue weighted by Gasteiger charge is -2.53. The fourth-order valence-corrected chi connectivity index (χ4v) is 6.95. The topological polar surface area (TPSA) is 177 Å². The largest absolute Gasteiger partial charge is 0.508 e. The van der Waals surface area contributed by atoms with Crippen LogP contribution in [0.25, 0.3) is 0 Å². The smallest absolute Gasteiger partial charge is 0.390 e. The second-order valence-electron chi connectivity index (χ2n) is 12.0. The Bertz CT molecular complexity index is 1350. The van der Waals surface area contributed by atoms with Gasteiger partial charge in [0.25, 0.3) is 0 Å². The zero-order chi connectivity index (χ0) is 31.6. The third-order valence-electron chi connectivity index (χ3n) is 8.81. The van der Waals surface area contributed by atoms with Gasteiger partial charge in [0.2, 0.25) is 5.91 Å². The summed E-state index contributed by atoms with van der Waals surface area (Å²) in [6.07, 6.45) is -7.00. The van der Waals surface area contributed by atoms with Crippen molar-refractivity contribution in [3.63, 3.8) is 0 Å². The van der Waals surface area contributed by atoms with Crippen molar-refractivity contribution in [2.75, 3.05) is 33.1 Å². The lowest BCUT2D eigenvalue weighted by atomic mass is 9.56. The number of likely N-dealkylation sites (N-methyl/N-ethyl adjacent to an activating group) is 1. The van der Waals surface area contributed by atoms with Gasteiger partial charge in [0.05, 0.1) is 18.1 Å². The summed E-state index contributed by atoms with van der Waals surface area (Å²) in [7, 11) is 6.55. The number of aliphatic hydroxyl groups excluding tert-OH is 2. The van der Waals surface area contributed by atoms with E-state index in [4.69, 9.17) is 5.73 Å². The molecule has 42 heavy (non-hydrogen) atoms. The third-order valence-corrected chi connectivity index (χ3v) is 8.81. The first-order valence-electron chi connectivity index (χ1n) is 13.6. The molecular weight excluding hydrogens is 561 g/mol. The number of Topliss-reactive ketones (excluding diaryl/α,β-unsaturated/α-hetero) is 2. The molecule has 3 aliphatic rings. The van der Waals surface area contributed by atoms with Gasteiger partial charge < -0.3 is 41.3 Å². The molecule has 0 saturated heterocycles. The van der Waals surface area contributed by atoms with Gasteiger partial charge in [-0.05, 0) is 51.4 Å². The maximum Gasteiger partial charge on any atom is 0.390 e. The van der Waals surface area contributed by atoms with Crippen LogP contribution in [0.4, 0.5) is 18.9 Å². The molecule has 7 N–H and O–H groups in total. The molecule has 0 aromatic heterocycles. The van der Waals surface area contributed by atoms with Crippen LogP contribution in [0.15, 0.2) is 17.4 Å². The number of nitrogens with one attached hydrogen (secondary N) is 1. The number of phenols is 1. The molecule has 1 aromatic rings. The molecule has 232 valence electrons. The molecule has 11 nitrogen and oxygen atoms in total. The number of aromatic hydroxyl groups is 1. The molecule has 0 radical (unpaired) electrons. The first-order valence-corrected chi connectivity index (χ1v) is 13.6. The molecule has 0 bridgehead atoms. The maximum atomic E-state index is 14.0. The van der Waals surface area contributed by atoms with Gasteiger partial charge in [-0.25, -0.2) is 0 Å². The van der Waals surface area contributed by atoms with Crippen molar-refractivity contribution < 1.29 is 48.0 Å². The summed E-state index contributed by atoms with van der Waals surface area (Å²) < 4.78 is 38.5. The van der Waals surface area contributed by atoms with E-state index in [-0.39, 0.29) is 36.1 Å². The van der Waals surface area contributed by atoms with Crippen molar-refractivity contribution >= 4 is 23.2 Å². The predicted molar refractivity (Wildman–Crippen MR) is 145 cm³/mol. The Kier molecular flexibility index (Phi) is 8.17. The van der Waals surface area contributed by atoms with Gasteiger partial charge in [-0.3, -0.25) is 14.4 Å². The van der Waals surface area contributed by atoms with Crippen molar-refractivity contribution in [1.29, 1.82) is 0 Å². The molecule has 4 rings (SSSR count). The number of carbonyl (C=O) groups excluding carboxylic acids is 3. The Morgan fingerprint density at radius 2 is 1.83 bits per heavy atom. The van der Waals surface area contributed by atoms with Crippen molar-refractivity contribution in [3.05, 3.63) is 34.1 Å². The Morgan fingerprint density at radius 1 is 1.21 bits per heavy atom. The van der Waals surface area contributed by atoms with E-state index in [1.807, 2.05) is 0 Å². The quantitative estimate of drug-likeness (QED) is 0.246. The number of aliphatic hydroxyl groups is 3. The lowest BCUT2D eigenvalue weighted by molar-refractivity contribution is -0.178. The molecule has 0 aliphatic heterocycles. The number of alkyl halides is 3. The van der Waals surface area contributed by atoms with E-state index in [1.165, 1.54) is 11.8 Å². The van der Waals surface area contributed by atoms with Crippen LogP contribution in [-0.2, 0) is 22.6 Å². The molecule has 3 aliphatic carbocycles. The number of benzene rings is 1. The third kappa shape index (κ3) is 5.03. The van der Waals surface area contributed by atoms with Crippen LogP contribution in [0.2, 0.25) is 0 Å². The zero-order valence-electron chi connectivity index (χ0n) is 24.0. The molecule has 1 amide bonds. The molecule has 1 saturated carbocycles. The summed E-state index contributed by atoms with van der Waals surface area (Å²) >= 11 is 0. The molecule has 14 heteroatoms. The van der Waals surface area contributed by atoms with Gasteiger partial charge in [0.15, 0.2) is 17.2 Å². The van der Waals surface area contributed by atoms with Gasteiger partial charge in [-0.1, -0.05) is 0 Å². The van der Waals surface area contributed by atoms with Crippen molar-refractivity contribution in [2.45, 2.75) is 62.7 Å². The van der Waals surface area contributed by atoms with Crippen LogP contribution in [0.1, 0.15) is 41.3 Å². The van der Waals surface area contributed by atoms with E-state index in [0.717, 1.165) is 0 Å². The fourth-order valence-electron chi connectivity index (χ4n) is 6.95. The average Bonchev–Trinajstić information content (AvgIpc) is 2.84. The first-order chi connectivity index (χ1) is 19.3. The summed E-state index contributed by atoms with van der Waals surface area (Å²) in [5, 5.41) is 48.1. The number of nitrogens with zero attached hydrogens (tertiary/aromatic N) is 2. The number of phenolic OH excluding ortho intramolecular Hbond substituents is 1. The minimum Gasteiger partial charge on any atom is -0.508 e. The number of anilines is 1. The predicted octanol–water partition coefficient (Wildman–Crippen LogP) is 0.782. The Labute approximate surface area is 240 Å². The Hall–Kier alpha value is -3.20. The van der Waals surface area contributed by atoms with Crippen LogP contribution in [0.3, 0.4) is 0 Å². The molecule has 1 aromatic carbocycles. The highest BCUT2D eigenvalue weighted by atomic mass is 19.4. The summed E-state index contributed by atoms with van der Waals surface area (Å²) in [6, 6.07) is -0.398. The van der Waals surface area contributed by atoms with Gasteiger partial charge >= 0.3 is 6.18 Å². The number of halogens is 3. The SMILES string of the molecule is CC(CC(F)(F)F)NCc1cc(N(C)C)c2c(c1O)C(=O)C1=C(O)[C@]3(O)C(=O)C(C(N)=O)C(O)[C@@H](N(C)C)[C@@H]3C[C@@H]1C2. The molecular formula is C28H37F3N4O7. The summed E-state index contributed by atoms with van der Waals surface area (Å²) in [4.78, 5) is 42.9. The van der Waals surface area contributed by atoms with Crippen LogP contribution < -0.4 is 16.0 Å².